The lowest BCUT2D eigenvalue weighted by Crippen LogP contribution is -2.28. The van der Waals surface area contributed by atoms with Crippen molar-refractivity contribution in [3.05, 3.63) is 0 Å². The molecule has 0 aliphatic rings. The normalized spacial score (nSPS) is 11.8. The minimum Gasteiger partial charge on any atom is -0.286 e. The van der Waals surface area contributed by atoms with Crippen LogP contribution in [0.2, 0.25) is 0 Å². The number of nitriles is 1. The second-order valence-corrected chi connectivity index (χ2v) is 1.95. The molecule has 0 spiro atoms. The lowest BCUT2D eigenvalue weighted by molar-refractivity contribution is -0.162. The number of hydroxylamine groups is 2. The Bertz CT molecular complexity index is 160. The molecular weight excluding hydrogens is 132 g/mol. The quantitative estimate of drug-likeness (QED) is 0.448. The molecule has 1 unspecified atom stereocenters. The minimum absolute atomic E-state index is 0.431. The Morgan fingerprint density at radius 2 is 2.40 bits per heavy atom. The van der Waals surface area contributed by atoms with Gasteiger partial charge in [0.15, 0.2) is 0 Å². The number of hydrogen-bond acceptors (Lipinski definition) is 3. The van der Waals surface area contributed by atoms with Crippen LogP contribution in [0.3, 0.4) is 0 Å². The van der Waals surface area contributed by atoms with Gasteiger partial charge in [0.2, 0.25) is 0 Å². The smallest absolute Gasteiger partial charge is 0.262 e. The summed E-state index contributed by atoms with van der Waals surface area (Å²) in [5.74, 6) is -1.26. The largest absolute Gasteiger partial charge is 0.286 e. The summed E-state index contributed by atoms with van der Waals surface area (Å²) in [6, 6.07) is 1.78. The number of hydrogen-bond donors (Lipinski definition) is 1. The Kier molecular flexibility index (Phi) is 3.44. The lowest BCUT2D eigenvalue weighted by atomic mass is 10.1. The van der Waals surface area contributed by atoms with Crippen molar-refractivity contribution in [1.29, 1.82) is 5.26 Å². The van der Waals surface area contributed by atoms with E-state index in [0.29, 0.717) is 11.5 Å². The first-order chi connectivity index (χ1) is 4.63. The fourth-order valence-corrected chi connectivity index (χ4v) is 0.547. The molecule has 0 saturated carbocycles. The van der Waals surface area contributed by atoms with Crippen molar-refractivity contribution in [3.63, 3.8) is 0 Å². The van der Waals surface area contributed by atoms with Gasteiger partial charge >= 0.3 is 0 Å². The zero-order valence-electron chi connectivity index (χ0n) is 6.03. The first-order valence-corrected chi connectivity index (χ1v) is 2.99. The zero-order valence-corrected chi connectivity index (χ0v) is 6.03. The Hall–Kier alpha value is -1.08. The highest BCUT2D eigenvalue weighted by atomic mass is 16.5. The number of nitrogens with zero attached hydrogens (tertiary/aromatic N) is 2. The van der Waals surface area contributed by atoms with Gasteiger partial charge in [-0.15, -0.1) is 0 Å². The van der Waals surface area contributed by atoms with Gasteiger partial charge in [-0.1, -0.05) is 6.92 Å². The molecule has 0 aromatic heterocycles. The molecule has 0 fully saturated rings. The van der Waals surface area contributed by atoms with Gasteiger partial charge in [0, 0.05) is 7.05 Å². The number of carbonyl (C=O) groups excluding carboxylic acids is 1. The average molecular weight is 142 g/mol. The molecule has 4 heteroatoms. The van der Waals surface area contributed by atoms with Crippen molar-refractivity contribution in [2.45, 2.75) is 13.3 Å². The van der Waals surface area contributed by atoms with Crippen LogP contribution in [0.5, 0.6) is 0 Å². The Labute approximate surface area is 59.6 Å². The Morgan fingerprint density at radius 1 is 1.90 bits per heavy atom. The van der Waals surface area contributed by atoms with Crippen molar-refractivity contribution in [2.24, 2.45) is 5.92 Å². The summed E-state index contributed by atoms with van der Waals surface area (Å²) >= 11 is 0. The highest BCUT2D eigenvalue weighted by Gasteiger charge is 2.17. The van der Waals surface area contributed by atoms with Gasteiger partial charge < -0.3 is 0 Å². The molecule has 0 radical (unpaired) electrons. The maximum atomic E-state index is 10.8. The van der Waals surface area contributed by atoms with Crippen molar-refractivity contribution in [1.82, 2.24) is 5.06 Å². The topological polar surface area (TPSA) is 64.3 Å². The highest BCUT2D eigenvalue weighted by Crippen LogP contribution is 2.02. The van der Waals surface area contributed by atoms with Gasteiger partial charge in [-0.2, -0.15) is 5.26 Å². The molecule has 1 amide bonds. The predicted octanol–water partition coefficient (Wildman–Crippen LogP) is 0.384. The van der Waals surface area contributed by atoms with E-state index in [4.69, 9.17) is 10.5 Å². The summed E-state index contributed by atoms with van der Waals surface area (Å²) in [4.78, 5) is 10.8. The van der Waals surface area contributed by atoms with Gasteiger partial charge in [0.1, 0.15) is 5.92 Å². The molecule has 0 aliphatic heterocycles. The van der Waals surface area contributed by atoms with Gasteiger partial charge in [-0.25, -0.2) is 5.06 Å². The summed E-state index contributed by atoms with van der Waals surface area (Å²) in [5, 5.41) is 17.4. The summed E-state index contributed by atoms with van der Waals surface area (Å²) in [7, 11) is 1.21. The van der Waals surface area contributed by atoms with E-state index < -0.39 is 11.8 Å². The minimum atomic E-state index is -0.713. The van der Waals surface area contributed by atoms with Crippen molar-refractivity contribution in [2.75, 3.05) is 7.05 Å². The van der Waals surface area contributed by atoms with E-state index in [-0.39, 0.29) is 0 Å². The van der Waals surface area contributed by atoms with Crippen LogP contribution in [0, 0.1) is 17.2 Å². The number of rotatable bonds is 2. The molecule has 0 rings (SSSR count). The molecule has 0 aromatic carbocycles. The molecule has 4 nitrogen and oxygen atoms in total. The maximum absolute atomic E-state index is 10.8. The molecule has 0 saturated heterocycles. The highest BCUT2D eigenvalue weighted by molar-refractivity contribution is 5.79. The standard InChI is InChI=1S/C6H10N2O2/c1-3-5(4-7)6(9)8(2)10/h5,10H,3H2,1-2H3. The van der Waals surface area contributed by atoms with Gasteiger partial charge in [0.05, 0.1) is 6.07 Å². The van der Waals surface area contributed by atoms with Crippen LogP contribution in [0.1, 0.15) is 13.3 Å². The van der Waals surface area contributed by atoms with E-state index in [9.17, 15) is 4.79 Å². The van der Waals surface area contributed by atoms with Crippen LogP contribution >= 0.6 is 0 Å². The lowest BCUT2D eigenvalue weighted by Gasteiger charge is -2.10. The molecule has 0 bridgehead atoms. The summed E-state index contributed by atoms with van der Waals surface area (Å²) in [6.45, 7) is 1.72. The molecule has 0 aliphatic carbocycles. The molecular formula is C6H10N2O2. The third kappa shape index (κ3) is 2.03. The fraction of sp³-hybridized carbons (Fsp3) is 0.667. The molecule has 0 aromatic rings. The van der Waals surface area contributed by atoms with Crippen LogP contribution < -0.4 is 0 Å². The van der Waals surface area contributed by atoms with E-state index in [1.165, 1.54) is 7.05 Å². The van der Waals surface area contributed by atoms with E-state index in [2.05, 4.69) is 0 Å². The van der Waals surface area contributed by atoms with Gasteiger partial charge in [-0.05, 0) is 6.42 Å². The molecule has 1 atom stereocenters. The Balaban J connectivity index is 4.06. The average Bonchev–Trinajstić information content (AvgIpc) is 1.90. The Morgan fingerprint density at radius 3 is 2.50 bits per heavy atom. The van der Waals surface area contributed by atoms with E-state index in [1.807, 2.05) is 0 Å². The fourth-order valence-electron chi connectivity index (χ4n) is 0.547. The first kappa shape index (κ1) is 8.92. The van der Waals surface area contributed by atoms with Crippen LogP contribution in [-0.4, -0.2) is 23.2 Å². The third-order valence-electron chi connectivity index (χ3n) is 1.18. The monoisotopic (exact) mass is 142 g/mol. The van der Waals surface area contributed by atoms with E-state index in [0.717, 1.165) is 0 Å². The van der Waals surface area contributed by atoms with Gasteiger partial charge in [0.25, 0.3) is 5.91 Å². The molecule has 0 heterocycles. The van der Waals surface area contributed by atoms with E-state index in [1.54, 1.807) is 13.0 Å². The van der Waals surface area contributed by atoms with Crippen molar-refractivity contribution < 1.29 is 10.0 Å². The van der Waals surface area contributed by atoms with Crippen LogP contribution in [0.15, 0.2) is 0 Å². The SMILES string of the molecule is CCC(C#N)C(=O)N(C)O. The number of carbonyl (C=O) groups is 1. The zero-order chi connectivity index (χ0) is 8.15. The van der Waals surface area contributed by atoms with Gasteiger partial charge in [-0.3, -0.25) is 10.0 Å². The van der Waals surface area contributed by atoms with Crippen LogP contribution in [0.4, 0.5) is 0 Å². The molecule has 1 N–H and O–H groups in total. The van der Waals surface area contributed by atoms with E-state index >= 15 is 0 Å². The molecule has 56 valence electrons. The first-order valence-electron chi connectivity index (χ1n) is 2.99. The van der Waals surface area contributed by atoms with Crippen molar-refractivity contribution in [3.8, 4) is 6.07 Å². The van der Waals surface area contributed by atoms with Crippen molar-refractivity contribution >= 4 is 5.91 Å². The number of amides is 1. The predicted molar refractivity (Wildman–Crippen MR) is 34.0 cm³/mol. The summed E-state index contributed by atoms with van der Waals surface area (Å²) in [6.07, 6.45) is 0.431. The molecule has 10 heavy (non-hydrogen) atoms. The van der Waals surface area contributed by atoms with Crippen LogP contribution in [0.25, 0.3) is 0 Å². The maximum Gasteiger partial charge on any atom is 0.262 e. The second-order valence-electron chi connectivity index (χ2n) is 1.95. The third-order valence-corrected chi connectivity index (χ3v) is 1.18. The summed E-state index contributed by atoms with van der Waals surface area (Å²) < 4.78 is 0. The summed E-state index contributed by atoms with van der Waals surface area (Å²) in [5.41, 5.74) is 0. The second kappa shape index (κ2) is 3.85. The van der Waals surface area contributed by atoms with Crippen LogP contribution in [-0.2, 0) is 4.79 Å².